The number of unbranched alkanes of at least 4 members (excludes halogenated alkanes) is 1. The molecule has 128 valence electrons. The van der Waals surface area contributed by atoms with Gasteiger partial charge in [0.1, 0.15) is 0 Å². The molecule has 0 aliphatic carbocycles. The number of benzene rings is 1. The van der Waals surface area contributed by atoms with Gasteiger partial charge in [0.25, 0.3) is 5.91 Å². The van der Waals surface area contributed by atoms with E-state index in [2.05, 4.69) is 33.0 Å². The molecule has 1 aromatic carbocycles. The highest BCUT2D eigenvalue weighted by Gasteiger charge is 2.14. The Hall–Kier alpha value is -1.84. The van der Waals surface area contributed by atoms with Crippen molar-refractivity contribution in [2.75, 3.05) is 19.6 Å². The molecule has 0 aromatic heterocycles. The van der Waals surface area contributed by atoms with Gasteiger partial charge in [-0.1, -0.05) is 46.2 Å². The van der Waals surface area contributed by atoms with Crippen LogP contribution < -0.4 is 5.32 Å². The predicted octanol–water partition coefficient (Wildman–Crippen LogP) is 3.36. The Morgan fingerprint density at radius 1 is 1.09 bits per heavy atom. The number of nitrogens with zero attached hydrogens (tertiary/aromatic N) is 1. The van der Waals surface area contributed by atoms with Crippen LogP contribution in [0.4, 0.5) is 0 Å². The molecule has 0 saturated heterocycles. The summed E-state index contributed by atoms with van der Waals surface area (Å²) in [7, 11) is 0. The van der Waals surface area contributed by atoms with Gasteiger partial charge in [0.05, 0.1) is 0 Å². The van der Waals surface area contributed by atoms with Gasteiger partial charge in [-0.25, -0.2) is 0 Å². The Kier molecular flexibility index (Phi) is 7.27. The fourth-order valence-electron chi connectivity index (χ4n) is 2.30. The van der Waals surface area contributed by atoms with Gasteiger partial charge in [0.2, 0.25) is 5.91 Å². The number of nitrogens with one attached hydrogen (secondary N) is 1. The highest BCUT2D eigenvalue weighted by atomic mass is 16.2. The average molecular weight is 318 g/mol. The van der Waals surface area contributed by atoms with Crippen molar-refractivity contribution in [1.29, 1.82) is 0 Å². The van der Waals surface area contributed by atoms with Crippen molar-refractivity contribution in [2.24, 2.45) is 0 Å². The molecule has 0 fully saturated rings. The van der Waals surface area contributed by atoms with Crippen LogP contribution in [0.2, 0.25) is 0 Å². The molecule has 23 heavy (non-hydrogen) atoms. The molecule has 0 aliphatic heterocycles. The van der Waals surface area contributed by atoms with Crippen molar-refractivity contribution < 1.29 is 9.59 Å². The fraction of sp³-hybridized carbons (Fsp3) is 0.579. The Morgan fingerprint density at radius 3 is 2.17 bits per heavy atom. The third-order valence-corrected chi connectivity index (χ3v) is 3.91. The number of amides is 2. The Bertz CT molecular complexity index is 515. The normalized spacial score (nSPS) is 11.2. The van der Waals surface area contributed by atoms with Crippen molar-refractivity contribution in [2.45, 2.75) is 52.9 Å². The molecular weight excluding hydrogens is 288 g/mol. The zero-order chi connectivity index (χ0) is 17.5. The lowest BCUT2D eigenvalue weighted by Crippen LogP contribution is -2.38. The number of carbonyl (C=O) groups excluding carboxylic acids is 2. The summed E-state index contributed by atoms with van der Waals surface area (Å²) in [5, 5.41) is 2.89. The predicted molar refractivity (Wildman–Crippen MR) is 94.6 cm³/mol. The van der Waals surface area contributed by atoms with E-state index in [0.717, 1.165) is 19.4 Å². The van der Waals surface area contributed by atoms with Gasteiger partial charge in [-0.3, -0.25) is 9.59 Å². The smallest absolute Gasteiger partial charge is 0.251 e. The first kappa shape index (κ1) is 19.2. The monoisotopic (exact) mass is 318 g/mol. The van der Waals surface area contributed by atoms with Crippen molar-refractivity contribution in [3.8, 4) is 0 Å². The Morgan fingerprint density at radius 2 is 1.70 bits per heavy atom. The van der Waals surface area contributed by atoms with E-state index in [0.29, 0.717) is 18.7 Å². The summed E-state index contributed by atoms with van der Waals surface area (Å²) in [6, 6.07) is 7.71. The van der Waals surface area contributed by atoms with Gasteiger partial charge < -0.3 is 10.2 Å². The van der Waals surface area contributed by atoms with E-state index in [-0.39, 0.29) is 17.2 Å². The van der Waals surface area contributed by atoms with E-state index >= 15 is 0 Å². The van der Waals surface area contributed by atoms with Gasteiger partial charge in [-0.05, 0) is 29.5 Å². The minimum atomic E-state index is -0.0931. The molecule has 0 unspecified atom stereocenters. The van der Waals surface area contributed by atoms with Crippen LogP contribution in [0, 0.1) is 0 Å². The van der Waals surface area contributed by atoms with E-state index in [4.69, 9.17) is 0 Å². The molecule has 1 N–H and O–H groups in total. The highest BCUT2D eigenvalue weighted by molar-refractivity contribution is 5.94. The lowest BCUT2D eigenvalue weighted by atomic mass is 9.87. The summed E-state index contributed by atoms with van der Waals surface area (Å²) in [4.78, 5) is 25.5. The molecule has 4 heteroatoms. The van der Waals surface area contributed by atoms with Gasteiger partial charge in [-0.2, -0.15) is 0 Å². The van der Waals surface area contributed by atoms with Crippen molar-refractivity contribution >= 4 is 11.8 Å². The number of hydrogen-bond donors (Lipinski definition) is 1. The van der Waals surface area contributed by atoms with Gasteiger partial charge in [0, 0.05) is 32.1 Å². The number of hydrogen-bond acceptors (Lipinski definition) is 2. The molecule has 1 aromatic rings. The van der Waals surface area contributed by atoms with Crippen LogP contribution >= 0.6 is 0 Å². The van der Waals surface area contributed by atoms with Crippen molar-refractivity contribution in [3.05, 3.63) is 35.4 Å². The van der Waals surface area contributed by atoms with Crippen LogP contribution in [0.3, 0.4) is 0 Å². The highest BCUT2D eigenvalue weighted by Crippen LogP contribution is 2.22. The van der Waals surface area contributed by atoms with E-state index in [1.165, 1.54) is 5.56 Å². The molecule has 4 nitrogen and oxygen atoms in total. The summed E-state index contributed by atoms with van der Waals surface area (Å²) in [6.07, 6.45) is 2.04. The lowest BCUT2D eigenvalue weighted by molar-refractivity contribution is -0.128. The van der Waals surface area contributed by atoms with Crippen LogP contribution in [-0.2, 0) is 10.2 Å². The molecule has 0 atom stereocenters. The third-order valence-electron chi connectivity index (χ3n) is 3.91. The summed E-state index contributed by atoms with van der Waals surface area (Å²) in [5.41, 5.74) is 1.94. The first-order chi connectivity index (χ1) is 10.8. The summed E-state index contributed by atoms with van der Waals surface area (Å²) in [6.45, 7) is 11.9. The molecule has 0 aliphatic rings. The van der Waals surface area contributed by atoms with Gasteiger partial charge >= 0.3 is 0 Å². The van der Waals surface area contributed by atoms with E-state index < -0.39 is 0 Å². The quantitative estimate of drug-likeness (QED) is 0.838. The second kappa shape index (κ2) is 8.70. The van der Waals surface area contributed by atoms with E-state index in [1.54, 1.807) is 11.8 Å². The van der Waals surface area contributed by atoms with Crippen molar-refractivity contribution in [1.82, 2.24) is 10.2 Å². The standard InChI is InChI=1S/C19H30N2O2/c1-6-7-13-21(15(2)22)14-12-20-18(23)16-8-10-17(11-9-16)19(3,4)5/h8-11H,6-7,12-14H2,1-5H3,(H,20,23). The largest absolute Gasteiger partial charge is 0.350 e. The number of rotatable bonds is 7. The van der Waals surface area contributed by atoms with Crippen LogP contribution in [0.5, 0.6) is 0 Å². The first-order valence-corrected chi connectivity index (χ1v) is 8.40. The van der Waals surface area contributed by atoms with E-state index in [9.17, 15) is 9.59 Å². The summed E-state index contributed by atoms with van der Waals surface area (Å²) in [5.74, 6) is -0.0355. The second-order valence-corrected chi connectivity index (χ2v) is 6.94. The summed E-state index contributed by atoms with van der Waals surface area (Å²) < 4.78 is 0. The minimum Gasteiger partial charge on any atom is -0.350 e. The second-order valence-electron chi connectivity index (χ2n) is 6.94. The van der Waals surface area contributed by atoms with Crippen LogP contribution in [0.25, 0.3) is 0 Å². The lowest BCUT2D eigenvalue weighted by Gasteiger charge is -2.21. The molecule has 0 saturated carbocycles. The minimum absolute atomic E-state index is 0.0576. The molecule has 0 bridgehead atoms. The third kappa shape index (κ3) is 6.43. The average Bonchev–Trinajstić information content (AvgIpc) is 2.49. The SMILES string of the molecule is CCCCN(CCNC(=O)c1ccc(C(C)(C)C)cc1)C(C)=O. The summed E-state index contributed by atoms with van der Waals surface area (Å²) >= 11 is 0. The molecule has 1 rings (SSSR count). The van der Waals surface area contributed by atoms with Crippen LogP contribution in [-0.4, -0.2) is 36.3 Å². The van der Waals surface area contributed by atoms with Gasteiger partial charge in [0.15, 0.2) is 0 Å². The molecular formula is C19H30N2O2. The fourth-order valence-corrected chi connectivity index (χ4v) is 2.30. The molecule has 0 spiro atoms. The van der Waals surface area contributed by atoms with Crippen LogP contribution in [0.1, 0.15) is 63.4 Å². The molecule has 2 amide bonds. The van der Waals surface area contributed by atoms with Crippen molar-refractivity contribution in [3.63, 3.8) is 0 Å². The first-order valence-electron chi connectivity index (χ1n) is 8.40. The maximum absolute atomic E-state index is 12.2. The zero-order valence-electron chi connectivity index (χ0n) is 15.1. The zero-order valence-corrected chi connectivity index (χ0v) is 15.1. The number of carbonyl (C=O) groups is 2. The maximum Gasteiger partial charge on any atom is 0.251 e. The Labute approximate surface area is 140 Å². The van der Waals surface area contributed by atoms with Gasteiger partial charge in [-0.15, -0.1) is 0 Å². The Balaban J connectivity index is 2.51. The molecule has 0 heterocycles. The van der Waals surface area contributed by atoms with Crippen LogP contribution in [0.15, 0.2) is 24.3 Å². The topological polar surface area (TPSA) is 49.4 Å². The van der Waals surface area contributed by atoms with E-state index in [1.807, 2.05) is 24.3 Å². The molecule has 0 radical (unpaired) electrons. The maximum atomic E-state index is 12.2.